The van der Waals surface area contributed by atoms with Gasteiger partial charge in [-0.15, -0.1) is 0 Å². The normalized spacial score (nSPS) is 12.0. The van der Waals surface area contributed by atoms with E-state index in [1.165, 1.54) is 42.3 Å². The van der Waals surface area contributed by atoms with Crippen molar-refractivity contribution in [3.8, 4) is 0 Å². The highest BCUT2D eigenvalue weighted by molar-refractivity contribution is 7.92. The highest BCUT2D eigenvalue weighted by atomic mass is 35.5. The summed E-state index contributed by atoms with van der Waals surface area (Å²) >= 11 is 12.3. The van der Waals surface area contributed by atoms with Crippen LogP contribution in [0.2, 0.25) is 10.0 Å². The number of amides is 2. The number of hydrogen-bond donors (Lipinski definition) is 1. The Labute approximate surface area is 221 Å². The fourth-order valence-corrected chi connectivity index (χ4v) is 5.64. The van der Waals surface area contributed by atoms with E-state index >= 15 is 0 Å². The SMILES string of the molecule is CNC(=O)C(C)N(CCc1ccccc1)C(=O)CN(c1cc(Cl)cc(Cl)c1)S(=O)(=O)c1ccccc1. The Balaban J connectivity index is 1.99. The predicted molar refractivity (Wildman–Crippen MR) is 143 cm³/mol. The molecule has 190 valence electrons. The number of rotatable bonds is 10. The monoisotopic (exact) mass is 547 g/mol. The molecule has 0 aromatic heterocycles. The molecule has 10 heteroatoms. The van der Waals surface area contributed by atoms with Crippen molar-refractivity contribution in [3.63, 3.8) is 0 Å². The number of carbonyl (C=O) groups is 2. The number of carbonyl (C=O) groups excluding carboxylic acids is 2. The minimum absolute atomic E-state index is 0.00378. The second-order valence-electron chi connectivity index (χ2n) is 8.07. The summed E-state index contributed by atoms with van der Waals surface area (Å²) in [6.07, 6.45) is 0.488. The Hall–Kier alpha value is -3.07. The van der Waals surface area contributed by atoms with Gasteiger partial charge < -0.3 is 10.2 Å². The summed E-state index contributed by atoms with van der Waals surface area (Å²) in [4.78, 5) is 27.5. The smallest absolute Gasteiger partial charge is 0.264 e. The first kappa shape index (κ1) is 27.5. The molecule has 0 bridgehead atoms. The van der Waals surface area contributed by atoms with Gasteiger partial charge in [0.15, 0.2) is 0 Å². The lowest BCUT2D eigenvalue weighted by Crippen LogP contribution is -2.51. The highest BCUT2D eigenvalue weighted by Crippen LogP contribution is 2.30. The van der Waals surface area contributed by atoms with E-state index in [-0.39, 0.29) is 33.1 Å². The van der Waals surface area contributed by atoms with Crippen LogP contribution in [0.25, 0.3) is 0 Å². The van der Waals surface area contributed by atoms with Crippen LogP contribution in [-0.4, -0.2) is 51.3 Å². The molecule has 0 spiro atoms. The van der Waals surface area contributed by atoms with E-state index in [0.717, 1.165) is 9.87 Å². The van der Waals surface area contributed by atoms with Crippen molar-refractivity contribution in [1.29, 1.82) is 0 Å². The van der Waals surface area contributed by atoms with Gasteiger partial charge in [0.2, 0.25) is 11.8 Å². The number of nitrogens with zero attached hydrogens (tertiary/aromatic N) is 2. The van der Waals surface area contributed by atoms with Crippen LogP contribution < -0.4 is 9.62 Å². The van der Waals surface area contributed by atoms with Crippen molar-refractivity contribution in [2.75, 3.05) is 24.4 Å². The van der Waals surface area contributed by atoms with Gasteiger partial charge in [-0.25, -0.2) is 8.42 Å². The van der Waals surface area contributed by atoms with Crippen molar-refractivity contribution in [2.45, 2.75) is 24.3 Å². The molecule has 0 aliphatic carbocycles. The molecule has 0 aliphatic rings. The lowest BCUT2D eigenvalue weighted by molar-refractivity contribution is -0.138. The Morgan fingerprint density at radius 1 is 0.917 bits per heavy atom. The van der Waals surface area contributed by atoms with Crippen LogP contribution in [0, 0.1) is 0 Å². The molecular weight excluding hydrogens is 521 g/mol. The van der Waals surface area contributed by atoms with Gasteiger partial charge in [0, 0.05) is 23.6 Å². The average Bonchev–Trinajstić information content (AvgIpc) is 2.87. The van der Waals surface area contributed by atoms with Crippen LogP contribution in [0.1, 0.15) is 12.5 Å². The molecule has 2 amide bonds. The zero-order chi connectivity index (χ0) is 26.3. The summed E-state index contributed by atoms with van der Waals surface area (Å²) < 4.78 is 28.3. The van der Waals surface area contributed by atoms with Gasteiger partial charge in [0.25, 0.3) is 10.0 Å². The Morgan fingerprint density at radius 3 is 2.03 bits per heavy atom. The van der Waals surface area contributed by atoms with Gasteiger partial charge in [-0.1, -0.05) is 71.7 Å². The molecule has 3 aromatic rings. The highest BCUT2D eigenvalue weighted by Gasteiger charge is 2.32. The van der Waals surface area contributed by atoms with Gasteiger partial charge in [-0.2, -0.15) is 0 Å². The largest absolute Gasteiger partial charge is 0.357 e. The Morgan fingerprint density at radius 2 is 1.47 bits per heavy atom. The number of halogens is 2. The number of benzene rings is 3. The molecule has 0 saturated carbocycles. The standard InChI is InChI=1S/C26H27Cl2N3O4S/c1-19(26(33)29-2)30(14-13-20-9-5-3-6-10-20)25(32)18-31(23-16-21(27)15-22(28)17-23)36(34,35)24-11-7-4-8-12-24/h3-12,15-17,19H,13-14,18H2,1-2H3,(H,29,33). The van der Waals surface area contributed by atoms with Crippen LogP contribution in [0.15, 0.2) is 83.8 Å². The van der Waals surface area contributed by atoms with E-state index in [1.54, 1.807) is 25.1 Å². The van der Waals surface area contributed by atoms with Crippen LogP contribution in [-0.2, 0) is 26.0 Å². The molecule has 0 radical (unpaired) electrons. The minimum Gasteiger partial charge on any atom is -0.357 e. The summed E-state index contributed by atoms with van der Waals surface area (Å²) in [6, 6.07) is 20.8. The Kier molecular flexibility index (Phi) is 9.37. The summed E-state index contributed by atoms with van der Waals surface area (Å²) in [7, 11) is -2.68. The lowest BCUT2D eigenvalue weighted by Gasteiger charge is -2.31. The molecule has 0 heterocycles. The number of sulfonamides is 1. The quantitative estimate of drug-likeness (QED) is 0.407. The summed E-state index contributed by atoms with van der Waals surface area (Å²) in [5, 5.41) is 3.00. The number of hydrogen-bond acceptors (Lipinski definition) is 4. The van der Waals surface area contributed by atoms with Crippen molar-refractivity contribution < 1.29 is 18.0 Å². The Bertz CT molecular complexity index is 1290. The third kappa shape index (κ3) is 6.78. The molecule has 1 unspecified atom stereocenters. The van der Waals surface area contributed by atoms with Gasteiger partial charge >= 0.3 is 0 Å². The summed E-state index contributed by atoms with van der Waals surface area (Å²) in [6.45, 7) is 1.27. The van der Waals surface area contributed by atoms with E-state index in [4.69, 9.17) is 23.2 Å². The van der Waals surface area contributed by atoms with E-state index in [2.05, 4.69) is 5.32 Å². The number of nitrogens with one attached hydrogen (secondary N) is 1. The number of anilines is 1. The first-order valence-electron chi connectivity index (χ1n) is 11.2. The van der Waals surface area contributed by atoms with Crippen molar-refractivity contribution in [3.05, 3.63) is 94.5 Å². The fraction of sp³-hybridized carbons (Fsp3) is 0.231. The van der Waals surface area contributed by atoms with Crippen molar-refractivity contribution >= 4 is 50.7 Å². The summed E-state index contributed by atoms with van der Waals surface area (Å²) in [5.41, 5.74) is 1.12. The molecule has 36 heavy (non-hydrogen) atoms. The summed E-state index contributed by atoms with van der Waals surface area (Å²) in [5.74, 6) is -0.905. The van der Waals surface area contributed by atoms with Crippen molar-refractivity contribution in [1.82, 2.24) is 10.2 Å². The first-order valence-corrected chi connectivity index (χ1v) is 13.4. The predicted octanol–water partition coefficient (Wildman–Crippen LogP) is 4.39. The molecule has 7 nitrogen and oxygen atoms in total. The lowest BCUT2D eigenvalue weighted by atomic mass is 10.1. The molecule has 0 saturated heterocycles. The van der Waals surface area contributed by atoms with Gasteiger partial charge in [0.1, 0.15) is 12.6 Å². The molecule has 3 rings (SSSR count). The third-order valence-electron chi connectivity index (χ3n) is 5.64. The van der Waals surface area contributed by atoms with Crippen LogP contribution in [0.5, 0.6) is 0 Å². The molecule has 1 atom stereocenters. The van der Waals surface area contributed by atoms with Gasteiger partial charge in [-0.3, -0.25) is 13.9 Å². The maximum Gasteiger partial charge on any atom is 0.264 e. The van der Waals surface area contributed by atoms with E-state index in [9.17, 15) is 18.0 Å². The number of likely N-dealkylation sites (N-methyl/N-ethyl adjacent to an activating group) is 1. The van der Waals surface area contributed by atoms with E-state index < -0.39 is 28.5 Å². The molecule has 3 aromatic carbocycles. The second kappa shape index (κ2) is 12.3. The fourth-order valence-electron chi connectivity index (χ4n) is 3.71. The zero-order valence-corrected chi connectivity index (χ0v) is 22.2. The van der Waals surface area contributed by atoms with E-state index in [1.807, 2.05) is 30.3 Å². The van der Waals surface area contributed by atoms with Crippen LogP contribution in [0.4, 0.5) is 5.69 Å². The molecule has 0 fully saturated rings. The average molecular weight is 548 g/mol. The van der Waals surface area contributed by atoms with E-state index in [0.29, 0.717) is 6.42 Å². The van der Waals surface area contributed by atoms with Gasteiger partial charge in [0.05, 0.1) is 10.6 Å². The van der Waals surface area contributed by atoms with Crippen LogP contribution in [0.3, 0.4) is 0 Å². The van der Waals surface area contributed by atoms with Crippen molar-refractivity contribution in [2.24, 2.45) is 0 Å². The molecule has 0 aliphatic heterocycles. The first-order chi connectivity index (χ1) is 17.1. The molecule has 1 N–H and O–H groups in total. The topological polar surface area (TPSA) is 86.8 Å². The maximum absolute atomic E-state index is 13.6. The van der Waals surface area contributed by atoms with Crippen LogP contribution >= 0.6 is 23.2 Å². The van der Waals surface area contributed by atoms with Gasteiger partial charge in [-0.05, 0) is 49.2 Å². The zero-order valence-electron chi connectivity index (χ0n) is 19.9. The maximum atomic E-state index is 13.6. The minimum atomic E-state index is -4.17. The second-order valence-corrected chi connectivity index (χ2v) is 10.8. The molecular formula is C26H27Cl2N3O4S. The third-order valence-corrected chi connectivity index (χ3v) is 7.87.